The third kappa shape index (κ3) is 5.18. The highest BCUT2D eigenvalue weighted by atomic mass is 16.5. The van der Waals surface area contributed by atoms with Crippen LogP contribution in [0.2, 0.25) is 0 Å². The number of benzene rings is 1. The second kappa shape index (κ2) is 9.01. The average Bonchev–Trinajstić information content (AvgIpc) is 2.54. The first kappa shape index (κ1) is 17.1. The van der Waals surface area contributed by atoms with Gasteiger partial charge in [0.2, 0.25) is 0 Å². The van der Waals surface area contributed by atoms with Crippen LogP contribution in [0.3, 0.4) is 0 Å². The third-order valence-corrected chi connectivity index (χ3v) is 4.27. The molecule has 0 unspecified atom stereocenters. The van der Waals surface area contributed by atoms with E-state index in [9.17, 15) is 0 Å². The van der Waals surface area contributed by atoms with Gasteiger partial charge in [-0.1, -0.05) is 25.8 Å². The van der Waals surface area contributed by atoms with E-state index in [2.05, 4.69) is 24.0 Å². The Kier molecular flexibility index (Phi) is 7.00. The zero-order valence-corrected chi connectivity index (χ0v) is 14.0. The van der Waals surface area contributed by atoms with E-state index in [4.69, 9.17) is 15.2 Å². The standard InChI is InChI=1S/C18H30N2O2/c1-3-4-5-12-22-17-7-6-15(13-18(17)21-2)14-20-10-8-16(19)9-11-20/h6-7,13,16H,3-5,8-12,14,19H2,1-2H3. The summed E-state index contributed by atoms with van der Waals surface area (Å²) in [4.78, 5) is 2.46. The van der Waals surface area contributed by atoms with Crippen molar-refractivity contribution >= 4 is 0 Å². The normalized spacial score (nSPS) is 16.7. The van der Waals surface area contributed by atoms with Crippen molar-refractivity contribution < 1.29 is 9.47 Å². The number of unbranched alkanes of at least 4 members (excludes halogenated alkanes) is 2. The van der Waals surface area contributed by atoms with Gasteiger partial charge in [-0.25, -0.2) is 0 Å². The first-order valence-electron chi connectivity index (χ1n) is 8.50. The number of rotatable bonds is 8. The van der Waals surface area contributed by atoms with Crippen LogP contribution in [0, 0.1) is 0 Å². The number of nitrogens with two attached hydrogens (primary N) is 1. The molecule has 22 heavy (non-hydrogen) atoms. The van der Waals surface area contributed by atoms with E-state index in [0.717, 1.165) is 57.0 Å². The Labute approximate surface area is 134 Å². The van der Waals surface area contributed by atoms with Crippen molar-refractivity contribution in [1.29, 1.82) is 0 Å². The molecule has 0 radical (unpaired) electrons. The molecule has 0 bridgehead atoms. The zero-order chi connectivity index (χ0) is 15.8. The Balaban J connectivity index is 1.90. The van der Waals surface area contributed by atoms with Gasteiger partial charge in [-0.15, -0.1) is 0 Å². The van der Waals surface area contributed by atoms with E-state index in [-0.39, 0.29) is 0 Å². The van der Waals surface area contributed by atoms with Crippen LogP contribution >= 0.6 is 0 Å². The van der Waals surface area contributed by atoms with Crippen LogP contribution < -0.4 is 15.2 Å². The lowest BCUT2D eigenvalue weighted by Gasteiger charge is -2.30. The minimum atomic E-state index is 0.379. The molecule has 0 amide bonds. The predicted molar refractivity (Wildman–Crippen MR) is 90.5 cm³/mol. The SMILES string of the molecule is CCCCCOc1ccc(CN2CCC(N)CC2)cc1OC. The smallest absolute Gasteiger partial charge is 0.161 e. The van der Waals surface area contributed by atoms with Crippen LogP contribution in [-0.2, 0) is 6.54 Å². The molecule has 0 aliphatic carbocycles. The molecule has 1 saturated heterocycles. The number of hydrogen-bond donors (Lipinski definition) is 1. The minimum absolute atomic E-state index is 0.379. The van der Waals surface area contributed by atoms with Crippen molar-refractivity contribution in [2.24, 2.45) is 5.73 Å². The first-order chi connectivity index (χ1) is 10.7. The lowest BCUT2D eigenvalue weighted by molar-refractivity contribution is 0.205. The molecule has 0 atom stereocenters. The van der Waals surface area contributed by atoms with Gasteiger partial charge in [-0.2, -0.15) is 0 Å². The fraction of sp³-hybridized carbons (Fsp3) is 0.667. The van der Waals surface area contributed by atoms with Crippen molar-refractivity contribution in [3.63, 3.8) is 0 Å². The van der Waals surface area contributed by atoms with Crippen LogP contribution in [0.25, 0.3) is 0 Å². The maximum atomic E-state index is 5.96. The van der Waals surface area contributed by atoms with Crippen LogP contribution in [0.1, 0.15) is 44.6 Å². The van der Waals surface area contributed by atoms with E-state index in [1.54, 1.807) is 7.11 Å². The fourth-order valence-corrected chi connectivity index (χ4v) is 2.83. The molecule has 1 heterocycles. The van der Waals surface area contributed by atoms with Gasteiger partial charge in [0, 0.05) is 12.6 Å². The van der Waals surface area contributed by atoms with Gasteiger partial charge in [0.15, 0.2) is 11.5 Å². The number of piperidine rings is 1. The Morgan fingerprint density at radius 3 is 2.64 bits per heavy atom. The van der Waals surface area contributed by atoms with E-state index in [1.165, 1.54) is 18.4 Å². The van der Waals surface area contributed by atoms with Gasteiger partial charge in [-0.05, 0) is 50.0 Å². The monoisotopic (exact) mass is 306 g/mol. The molecule has 0 spiro atoms. The van der Waals surface area contributed by atoms with Gasteiger partial charge in [0.05, 0.1) is 13.7 Å². The summed E-state index contributed by atoms with van der Waals surface area (Å²) in [6.45, 7) is 6.08. The molecule has 124 valence electrons. The topological polar surface area (TPSA) is 47.7 Å². The molecule has 1 aromatic rings. The number of hydrogen-bond acceptors (Lipinski definition) is 4. The predicted octanol–water partition coefficient (Wildman–Crippen LogP) is 3.19. The van der Waals surface area contributed by atoms with Crippen molar-refractivity contribution in [1.82, 2.24) is 4.90 Å². The van der Waals surface area contributed by atoms with Crippen molar-refractivity contribution in [2.45, 2.75) is 51.6 Å². The summed E-state index contributed by atoms with van der Waals surface area (Å²) in [6.07, 6.45) is 5.69. The summed E-state index contributed by atoms with van der Waals surface area (Å²) in [5.41, 5.74) is 7.23. The summed E-state index contributed by atoms with van der Waals surface area (Å²) in [6, 6.07) is 6.66. The molecule has 4 heteroatoms. The molecule has 1 aromatic carbocycles. The maximum absolute atomic E-state index is 5.96. The molecule has 0 saturated carbocycles. The van der Waals surface area contributed by atoms with Gasteiger partial charge in [0.25, 0.3) is 0 Å². The fourth-order valence-electron chi connectivity index (χ4n) is 2.83. The van der Waals surface area contributed by atoms with Gasteiger partial charge in [-0.3, -0.25) is 4.90 Å². The molecule has 1 fully saturated rings. The molecule has 2 N–H and O–H groups in total. The third-order valence-electron chi connectivity index (χ3n) is 4.27. The van der Waals surface area contributed by atoms with Crippen molar-refractivity contribution in [3.05, 3.63) is 23.8 Å². The first-order valence-corrected chi connectivity index (χ1v) is 8.50. The Hall–Kier alpha value is -1.26. The largest absolute Gasteiger partial charge is 0.493 e. The summed E-state index contributed by atoms with van der Waals surface area (Å²) >= 11 is 0. The molecule has 0 aromatic heterocycles. The number of likely N-dealkylation sites (tertiary alicyclic amines) is 1. The van der Waals surface area contributed by atoms with Gasteiger partial charge >= 0.3 is 0 Å². The molecular weight excluding hydrogens is 276 g/mol. The Bertz CT molecular complexity index is 443. The Morgan fingerprint density at radius 2 is 1.95 bits per heavy atom. The lowest BCUT2D eigenvalue weighted by atomic mass is 10.1. The molecule has 2 rings (SSSR count). The van der Waals surface area contributed by atoms with Crippen LogP contribution in [0.5, 0.6) is 11.5 Å². The maximum Gasteiger partial charge on any atom is 0.161 e. The van der Waals surface area contributed by atoms with E-state index in [0.29, 0.717) is 6.04 Å². The number of ether oxygens (including phenoxy) is 2. The average molecular weight is 306 g/mol. The second-order valence-electron chi connectivity index (χ2n) is 6.15. The number of nitrogens with zero attached hydrogens (tertiary/aromatic N) is 1. The summed E-state index contributed by atoms with van der Waals surface area (Å²) in [7, 11) is 1.71. The second-order valence-corrected chi connectivity index (χ2v) is 6.15. The van der Waals surface area contributed by atoms with Crippen molar-refractivity contribution in [3.8, 4) is 11.5 Å². The lowest BCUT2D eigenvalue weighted by Crippen LogP contribution is -2.39. The summed E-state index contributed by atoms with van der Waals surface area (Å²) in [5, 5.41) is 0. The quantitative estimate of drug-likeness (QED) is 0.749. The zero-order valence-electron chi connectivity index (χ0n) is 14.0. The van der Waals surface area contributed by atoms with E-state index < -0.39 is 0 Å². The Morgan fingerprint density at radius 1 is 1.18 bits per heavy atom. The molecule has 1 aliphatic rings. The van der Waals surface area contributed by atoms with Crippen molar-refractivity contribution in [2.75, 3.05) is 26.8 Å². The van der Waals surface area contributed by atoms with Crippen LogP contribution in [-0.4, -0.2) is 37.7 Å². The number of methoxy groups -OCH3 is 1. The minimum Gasteiger partial charge on any atom is -0.493 e. The highest BCUT2D eigenvalue weighted by molar-refractivity contribution is 5.43. The molecule has 1 aliphatic heterocycles. The van der Waals surface area contributed by atoms with Crippen LogP contribution in [0.15, 0.2) is 18.2 Å². The highest BCUT2D eigenvalue weighted by Gasteiger charge is 2.16. The van der Waals surface area contributed by atoms with Crippen LogP contribution in [0.4, 0.5) is 0 Å². The van der Waals surface area contributed by atoms with E-state index >= 15 is 0 Å². The molecule has 4 nitrogen and oxygen atoms in total. The van der Waals surface area contributed by atoms with Gasteiger partial charge in [0.1, 0.15) is 0 Å². The molecular formula is C18H30N2O2. The highest BCUT2D eigenvalue weighted by Crippen LogP contribution is 2.29. The van der Waals surface area contributed by atoms with E-state index in [1.807, 2.05) is 6.07 Å². The van der Waals surface area contributed by atoms with Gasteiger partial charge < -0.3 is 15.2 Å². The summed E-state index contributed by atoms with van der Waals surface area (Å²) in [5.74, 6) is 1.69. The summed E-state index contributed by atoms with van der Waals surface area (Å²) < 4.78 is 11.3.